The van der Waals surface area contributed by atoms with Crippen molar-refractivity contribution in [3.05, 3.63) is 52.8 Å². The molecule has 1 amide bonds. The summed E-state index contributed by atoms with van der Waals surface area (Å²) in [6, 6.07) is 8.50. The van der Waals surface area contributed by atoms with Gasteiger partial charge in [0.15, 0.2) is 0 Å². The number of ether oxygens (including phenoxy) is 2. The number of nitrogens with two attached hydrogens (primary N) is 1. The number of hydrogen-bond donors (Lipinski definition) is 2. The Labute approximate surface area is 228 Å². The van der Waals surface area contributed by atoms with Crippen LogP contribution in [0.3, 0.4) is 0 Å². The van der Waals surface area contributed by atoms with Crippen LogP contribution in [-0.2, 0) is 11.3 Å². The Morgan fingerprint density at radius 3 is 2.47 bits per heavy atom. The van der Waals surface area contributed by atoms with Gasteiger partial charge >= 0.3 is 12.5 Å². The van der Waals surface area contributed by atoms with Gasteiger partial charge in [0.1, 0.15) is 11.9 Å². The molecule has 3 atom stereocenters. The second-order valence-electron chi connectivity index (χ2n) is 9.68. The maximum Gasteiger partial charge on any atom is 0.573 e. The molecular weight excluding hydrogens is 544 g/mol. The number of rotatable bonds is 10. The van der Waals surface area contributed by atoms with Crippen LogP contribution in [0.2, 0.25) is 10.0 Å². The van der Waals surface area contributed by atoms with Crippen molar-refractivity contribution in [2.75, 3.05) is 5.32 Å². The molecule has 1 aliphatic carbocycles. The minimum atomic E-state index is -4.78. The Balaban J connectivity index is 1.65. The SMILES string of the molecule is CC(OC(N)=O)[C@H](Nc1ccc(OC(F)(F)F)cc1)[C@@H](CC1CCCC1)Cn1cnc2cc(Cl)c(Cl)cc21. The molecule has 0 spiro atoms. The summed E-state index contributed by atoms with van der Waals surface area (Å²) in [4.78, 5) is 16.1. The number of halogens is 5. The van der Waals surface area contributed by atoms with Crippen molar-refractivity contribution in [1.82, 2.24) is 9.55 Å². The quantitative estimate of drug-likeness (QED) is 0.264. The second kappa shape index (κ2) is 11.9. The molecule has 7 nitrogen and oxygen atoms in total. The predicted molar refractivity (Wildman–Crippen MR) is 140 cm³/mol. The summed E-state index contributed by atoms with van der Waals surface area (Å²) in [6.07, 6.45) is 0.740. The molecule has 2 aromatic carbocycles. The lowest BCUT2D eigenvalue weighted by atomic mass is 9.85. The highest BCUT2D eigenvalue weighted by Gasteiger charge is 2.33. The minimum absolute atomic E-state index is 0.0644. The number of nitrogens with one attached hydrogen (secondary N) is 1. The average molecular weight is 573 g/mol. The number of amides is 1. The zero-order valence-electron chi connectivity index (χ0n) is 20.7. The third-order valence-electron chi connectivity index (χ3n) is 6.94. The first-order chi connectivity index (χ1) is 18.0. The number of imidazole rings is 1. The number of carbonyl (C=O) groups excluding carboxylic acids is 1. The Morgan fingerprint density at radius 1 is 1.18 bits per heavy atom. The Hall–Kier alpha value is -2.85. The zero-order valence-corrected chi connectivity index (χ0v) is 22.2. The van der Waals surface area contributed by atoms with E-state index in [0.717, 1.165) is 37.6 Å². The Kier molecular flexibility index (Phi) is 8.82. The van der Waals surface area contributed by atoms with E-state index in [1.807, 2.05) is 4.57 Å². The van der Waals surface area contributed by atoms with Gasteiger partial charge in [-0.1, -0.05) is 48.9 Å². The van der Waals surface area contributed by atoms with Gasteiger partial charge in [-0.2, -0.15) is 0 Å². The van der Waals surface area contributed by atoms with Crippen LogP contribution in [0.1, 0.15) is 39.0 Å². The van der Waals surface area contributed by atoms with Crippen molar-refractivity contribution in [3.8, 4) is 5.75 Å². The van der Waals surface area contributed by atoms with Crippen molar-refractivity contribution in [2.24, 2.45) is 17.6 Å². The summed E-state index contributed by atoms with van der Waals surface area (Å²) in [6.45, 7) is 2.26. The second-order valence-corrected chi connectivity index (χ2v) is 10.5. The van der Waals surface area contributed by atoms with Crippen molar-refractivity contribution in [2.45, 2.75) is 64.1 Å². The van der Waals surface area contributed by atoms with Crippen molar-refractivity contribution < 1.29 is 27.4 Å². The third-order valence-corrected chi connectivity index (χ3v) is 7.66. The van der Waals surface area contributed by atoms with Gasteiger partial charge in [0.25, 0.3) is 0 Å². The van der Waals surface area contributed by atoms with E-state index in [1.54, 1.807) is 25.4 Å². The van der Waals surface area contributed by atoms with Crippen LogP contribution >= 0.6 is 23.2 Å². The predicted octanol–water partition coefficient (Wildman–Crippen LogP) is 7.40. The van der Waals surface area contributed by atoms with Crippen molar-refractivity contribution >= 4 is 46.0 Å². The van der Waals surface area contributed by atoms with Gasteiger partial charge in [0, 0.05) is 18.2 Å². The maximum atomic E-state index is 12.6. The number of fused-ring (bicyclic) bond motifs is 1. The van der Waals surface area contributed by atoms with Crippen LogP contribution < -0.4 is 15.8 Å². The Bertz CT molecular complexity index is 1250. The summed E-state index contributed by atoms with van der Waals surface area (Å²) in [7, 11) is 0. The van der Waals surface area contributed by atoms with Crippen molar-refractivity contribution in [3.63, 3.8) is 0 Å². The van der Waals surface area contributed by atoms with E-state index in [0.29, 0.717) is 33.7 Å². The fraction of sp³-hybridized carbons (Fsp3) is 0.462. The molecule has 0 aliphatic heterocycles. The van der Waals surface area contributed by atoms with Crippen LogP contribution in [0.4, 0.5) is 23.7 Å². The smallest absolute Gasteiger partial charge is 0.444 e. The number of nitrogens with zero attached hydrogens (tertiary/aromatic N) is 2. The number of carbonyl (C=O) groups is 1. The van der Waals surface area contributed by atoms with Gasteiger partial charge in [-0.15, -0.1) is 13.2 Å². The number of anilines is 1. The van der Waals surface area contributed by atoms with Crippen LogP contribution in [-0.4, -0.2) is 34.2 Å². The molecular formula is C26H29Cl2F3N4O3. The Morgan fingerprint density at radius 2 is 1.84 bits per heavy atom. The largest absolute Gasteiger partial charge is 0.573 e. The van der Waals surface area contributed by atoms with E-state index in [-0.39, 0.29) is 11.7 Å². The number of benzene rings is 2. The molecule has 0 bridgehead atoms. The lowest BCUT2D eigenvalue weighted by Crippen LogP contribution is -2.44. The van der Waals surface area contributed by atoms with Crippen molar-refractivity contribution in [1.29, 1.82) is 0 Å². The highest BCUT2D eigenvalue weighted by atomic mass is 35.5. The fourth-order valence-electron chi connectivity index (χ4n) is 5.28. The molecule has 1 saturated carbocycles. The molecule has 1 fully saturated rings. The first-order valence-corrected chi connectivity index (χ1v) is 13.1. The maximum absolute atomic E-state index is 12.6. The highest BCUT2D eigenvalue weighted by molar-refractivity contribution is 6.42. The van der Waals surface area contributed by atoms with Gasteiger partial charge in [-0.3, -0.25) is 0 Å². The van der Waals surface area contributed by atoms with E-state index in [9.17, 15) is 18.0 Å². The first-order valence-electron chi connectivity index (χ1n) is 12.4. The molecule has 1 unspecified atom stereocenters. The third kappa shape index (κ3) is 7.38. The topological polar surface area (TPSA) is 91.4 Å². The first kappa shape index (κ1) is 28.2. The molecule has 3 aromatic rings. The molecule has 3 N–H and O–H groups in total. The standard InChI is InChI=1S/C26H29Cl2F3N4O3/c1-15(37-25(32)36)24(34-18-6-8-19(9-7-18)38-26(29,30)31)17(10-16-4-2-3-5-16)13-35-14-33-22-11-20(27)21(28)12-23(22)35/h6-9,11-12,14-17,24,34H,2-5,10,13H2,1H3,(H2,32,36)/t15?,17-,24-/m0/s1. The molecule has 12 heteroatoms. The van der Waals surface area contributed by atoms with Gasteiger partial charge in [-0.05, 0) is 55.7 Å². The molecule has 206 valence electrons. The number of hydrogen-bond acceptors (Lipinski definition) is 5. The monoisotopic (exact) mass is 572 g/mol. The summed E-state index contributed by atoms with van der Waals surface area (Å²) in [5, 5.41) is 4.20. The van der Waals surface area contributed by atoms with E-state index in [4.69, 9.17) is 33.7 Å². The molecule has 1 aliphatic rings. The van der Waals surface area contributed by atoms with E-state index in [2.05, 4.69) is 15.0 Å². The zero-order chi connectivity index (χ0) is 27.4. The molecule has 38 heavy (non-hydrogen) atoms. The highest BCUT2D eigenvalue weighted by Crippen LogP contribution is 2.35. The van der Waals surface area contributed by atoms with Gasteiger partial charge in [-0.25, -0.2) is 9.78 Å². The lowest BCUT2D eigenvalue weighted by Gasteiger charge is -2.34. The van der Waals surface area contributed by atoms with Crippen LogP contribution in [0, 0.1) is 11.8 Å². The van der Waals surface area contributed by atoms with Crippen LogP contribution in [0.5, 0.6) is 5.75 Å². The van der Waals surface area contributed by atoms with E-state index in [1.165, 1.54) is 24.3 Å². The van der Waals surface area contributed by atoms with Crippen LogP contribution in [0.25, 0.3) is 11.0 Å². The van der Waals surface area contributed by atoms with Crippen LogP contribution in [0.15, 0.2) is 42.7 Å². The van der Waals surface area contributed by atoms with Gasteiger partial charge in [0.05, 0.1) is 33.4 Å². The normalized spacial score (nSPS) is 16.8. The summed E-state index contributed by atoms with van der Waals surface area (Å²) in [5.74, 6) is 0.0924. The molecule has 0 radical (unpaired) electrons. The van der Waals surface area contributed by atoms with E-state index < -0.39 is 24.6 Å². The molecule has 1 aromatic heterocycles. The summed E-state index contributed by atoms with van der Waals surface area (Å²) >= 11 is 12.5. The van der Waals surface area contributed by atoms with Gasteiger partial charge < -0.3 is 25.1 Å². The average Bonchev–Trinajstić information content (AvgIpc) is 3.47. The molecule has 1 heterocycles. The fourth-order valence-corrected chi connectivity index (χ4v) is 5.60. The van der Waals surface area contributed by atoms with E-state index >= 15 is 0 Å². The summed E-state index contributed by atoms with van der Waals surface area (Å²) in [5.41, 5.74) is 7.41. The number of primary amides is 1. The molecule has 0 saturated heterocycles. The molecule has 4 rings (SSSR count). The van der Waals surface area contributed by atoms with Gasteiger partial charge in [0.2, 0.25) is 0 Å². The number of aromatic nitrogens is 2. The minimum Gasteiger partial charge on any atom is -0.444 e. The summed E-state index contributed by atoms with van der Waals surface area (Å²) < 4.78 is 49.2. The number of alkyl halides is 3. The lowest BCUT2D eigenvalue weighted by molar-refractivity contribution is -0.274.